The normalized spacial score (nSPS) is 23.4. The molecule has 1 saturated heterocycles. The molecule has 1 aliphatic heterocycles. The standard InChI is InChI=1S/C13H22N2O5/c1-7(2)11(15-8(3)16)12(17)14-6-9-4-5-10(20-9)13(18)19/h7,9-11H,4-6H2,1-3H3,(H,14,17)(H,15,16)(H,18,19). The maximum absolute atomic E-state index is 12.0. The first-order chi connectivity index (χ1) is 9.31. The first kappa shape index (κ1) is 16.4. The Morgan fingerprint density at radius 3 is 2.40 bits per heavy atom. The van der Waals surface area contributed by atoms with E-state index >= 15 is 0 Å². The predicted molar refractivity (Wildman–Crippen MR) is 71.0 cm³/mol. The van der Waals surface area contributed by atoms with E-state index in [1.165, 1.54) is 6.92 Å². The first-order valence-corrected chi connectivity index (χ1v) is 6.74. The summed E-state index contributed by atoms with van der Waals surface area (Å²) in [6.45, 7) is 5.30. The van der Waals surface area contributed by atoms with Crippen molar-refractivity contribution in [3.63, 3.8) is 0 Å². The Kier molecular flexibility index (Phi) is 5.94. The van der Waals surface area contributed by atoms with Crippen molar-refractivity contribution in [2.24, 2.45) is 5.92 Å². The van der Waals surface area contributed by atoms with Crippen LogP contribution in [0.2, 0.25) is 0 Å². The number of carboxylic acids is 1. The van der Waals surface area contributed by atoms with Gasteiger partial charge in [-0.15, -0.1) is 0 Å². The molecule has 0 aliphatic carbocycles. The molecule has 0 aromatic heterocycles. The van der Waals surface area contributed by atoms with Crippen LogP contribution < -0.4 is 10.6 Å². The number of carbonyl (C=O) groups excluding carboxylic acids is 2. The van der Waals surface area contributed by atoms with Crippen molar-refractivity contribution >= 4 is 17.8 Å². The molecule has 0 spiro atoms. The van der Waals surface area contributed by atoms with E-state index in [-0.39, 0.29) is 30.4 Å². The molecule has 1 aliphatic rings. The highest BCUT2D eigenvalue weighted by Gasteiger charge is 2.31. The lowest BCUT2D eigenvalue weighted by Crippen LogP contribution is -2.50. The third-order valence-electron chi connectivity index (χ3n) is 3.19. The Labute approximate surface area is 118 Å². The van der Waals surface area contributed by atoms with Crippen LogP contribution in [0.4, 0.5) is 0 Å². The van der Waals surface area contributed by atoms with Crippen molar-refractivity contribution in [1.29, 1.82) is 0 Å². The maximum atomic E-state index is 12.0. The molecule has 3 N–H and O–H groups in total. The van der Waals surface area contributed by atoms with Crippen LogP contribution in [-0.4, -0.2) is 47.7 Å². The summed E-state index contributed by atoms with van der Waals surface area (Å²) in [5.41, 5.74) is 0. The Hall–Kier alpha value is -1.63. The highest BCUT2D eigenvalue weighted by molar-refractivity contribution is 5.87. The molecule has 3 atom stereocenters. The summed E-state index contributed by atoms with van der Waals surface area (Å²) in [5.74, 6) is -1.55. The summed E-state index contributed by atoms with van der Waals surface area (Å²) < 4.78 is 5.29. The summed E-state index contributed by atoms with van der Waals surface area (Å²) in [5, 5.41) is 14.1. The Morgan fingerprint density at radius 1 is 1.30 bits per heavy atom. The zero-order chi connectivity index (χ0) is 15.3. The highest BCUT2D eigenvalue weighted by atomic mass is 16.5. The van der Waals surface area contributed by atoms with Gasteiger partial charge in [0.2, 0.25) is 11.8 Å². The van der Waals surface area contributed by atoms with Crippen LogP contribution >= 0.6 is 0 Å². The molecule has 1 heterocycles. The molecule has 0 saturated carbocycles. The summed E-state index contributed by atoms with van der Waals surface area (Å²) in [4.78, 5) is 33.8. The zero-order valence-electron chi connectivity index (χ0n) is 12.0. The molecule has 1 fully saturated rings. The van der Waals surface area contributed by atoms with Gasteiger partial charge < -0.3 is 20.5 Å². The van der Waals surface area contributed by atoms with Gasteiger partial charge in [0, 0.05) is 13.5 Å². The molecule has 20 heavy (non-hydrogen) atoms. The van der Waals surface area contributed by atoms with Crippen molar-refractivity contribution < 1.29 is 24.2 Å². The fourth-order valence-corrected chi connectivity index (χ4v) is 2.12. The van der Waals surface area contributed by atoms with Crippen molar-refractivity contribution in [2.75, 3.05) is 6.54 Å². The van der Waals surface area contributed by atoms with Crippen LogP contribution in [-0.2, 0) is 19.1 Å². The number of hydrogen-bond donors (Lipinski definition) is 3. The minimum atomic E-state index is -0.975. The minimum Gasteiger partial charge on any atom is -0.479 e. The molecule has 114 valence electrons. The number of hydrogen-bond acceptors (Lipinski definition) is 4. The molecule has 3 unspecified atom stereocenters. The van der Waals surface area contributed by atoms with Gasteiger partial charge in [-0.25, -0.2) is 4.79 Å². The zero-order valence-corrected chi connectivity index (χ0v) is 12.0. The molecule has 7 nitrogen and oxygen atoms in total. The number of amides is 2. The third kappa shape index (κ3) is 4.80. The third-order valence-corrected chi connectivity index (χ3v) is 3.19. The van der Waals surface area contributed by atoms with Crippen molar-refractivity contribution in [3.05, 3.63) is 0 Å². The molecule has 0 aromatic carbocycles. The Bertz CT molecular complexity index is 383. The van der Waals surface area contributed by atoms with Crippen molar-refractivity contribution in [3.8, 4) is 0 Å². The van der Waals surface area contributed by atoms with Crippen LogP contribution in [0, 0.1) is 5.92 Å². The van der Waals surface area contributed by atoms with Crippen LogP contribution in [0.1, 0.15) is 33.6 Å². The van der Waals surface area contributed by atoms with Gasteiger partial charge in [-0.2, -0.15) is 0 Å². The van der Waals surface area contributed by atoms with Crippen molar-refractivity contribution in [2.45, 2.75) is 51.9 Å². The molecule has 7 heteroatoms. The maximum Gasteiger partial charge on any atom is 0.332 e. The van der Waals surface area contributed by atoms with Gasteiger partial charge in [-0.05, 0) is 18.8 Å². The van der Waals surface area contributed by atoms with Crippen LogP contribution in [0.5, 0.6) is 0 Å². The number of nitrogens with one attached hydrogen (secondary N) is 2. The van der Waals surface area contributed by atoms with Gasteiger partial charge in [-0.3, -0.25) is 9.59 Å². The first-order valence-electron chi connectivity index (χ1n) is 6.74. The molecule has 1 rings (SSSR count). The Morgan fingerprint density at radius 2 is 1.95 bits per heavy atom. The fraction of sp³-hybridized carbons (Fsp3) is 0.769. The Balaban J connectivity index is 2.42. The van der Waals surface area contributed by atoms with Gasteiger partial charge in [0.15, 0.2) is 6.10 Å². The predicted octanol–water partition coefficient (Wildman–Crippen LogP) is -0.104. The monoisotopic (exact) mass is 286 g/mol. The van der Waals surface area contributed by atoms with E-state index in [0.717, 1.165) is 0 Å². The topological polar surface area (TPSA) is 105 Å². The molecular weight excluding hydrogens is 264 g/mol. The van der Waals surface area contributed by atoms with Gasteiger partial charge >= 0.3 is 5.97 Å². The van der Waals surface area contributed by atoms with Gasteiger partial charge in [0.05, 0.1) is 6.10 Å². The second-order valence-corrected chi connectivity index (χ2v) is 5.33. The summed E-state index contributed by atoms with van der Waals surface area (Å²) in [6.07, 6.45) is -0.0165. The summed E-state index contributed by atoms with van der Waals surface area (Å²) in [6, 6.07) is -0.593. The SMILES string of the molecule is CC(=O)NC(C(=O)NCC1CCC(C(=O)O)O1)C(C)C. The van der Waals surface area contributed by atoms with Crippen LogP contribution in [0.3, 0.4) is 0 Å². The smallest absolute Gasteiger partial charge is 0.332 e. The number of aliphatic carboxylic acids is 1. The average Bonchev–Trinajstić information content (AvgIpc) is 2.81. The molecule has 0 radical (unpaired) electrons. The van der Waals surface area contributed by atoms with E-state index in [9.17, 15) is 14.4 Å². The van der Waals surface area contributed by atoms with Gasteiger partial charge in [0.1, 0.15) is 6.04 Å². The number of carbonyl (C=O) groups is 3. The quantitative estimate of drug-likeness (QED) is 0.632. The molecule has 0 bridgehead atoms. The van der Waals surface area contributed by atoms with E-state index in [2.05, 4.69) is 10.6 Å². The lowest BCUT2D eigenvalue weighted by atomic mass is 10.0. The average molecular weight is 286 g/mol. The second kappa shape index (κ2) is 7.23. The summed E-state index contributed by atoms with van der Waals surface area (Å²) in [7, 11) is 0. The van der Waals surface area contributed by atoms with E-state index in [4.69, 9.17) is 9.84 Å². The van der Waals surface area contributed by atoms with E-state index < -0.39 is 18.1 Å². The number of carboxylic acid groups (broad SMARTS) is 1. The number of ether oxygens (including phenoxy) is 1. The largest absolute Gasteiger partial charge is 0.479 e. The van der Waals surface area contributed by atoms with E-state index in [1.807, 2.05) is 13.8 Å². The van der Waals surface area contributed by atoms with Gasteiger partial charge in [-0.1, -0.05) is 13.8 Å². The molecule has 0 aromatic rings. The van der Waals surface area contributed by atoms with E-state index in [1.54, 1.807) is 0 Å². The van der Waals surface area contributed by atoms with Crippen LogP contribution in [0.25, 0.3) is 0 Å². The van der Waals surface area contributed by atoms with Crippen molar-refractivity contribution in [1.82, 2.24) is 10.6 Å². The fourth-order valence-electron chi connectivity index (χ4n) is 2.12. The molecular formula is C13H22N2O5. The lowest BCUT2D eigenvalue weighted by molar-refractivity contribution is -0.149. The van der Waals surface area contributed by atoms with E-state index in [0.29, 0.717) is 12.8 Å². The second-order valence-electron chi connectivity index (χ2n) is 5.33. The lowest BCUT2D eigenvalue weighted by Gasteiger charge is -2.22. The van der Waals surface area contributed by atoms with Crippen LogP contribution in [0.15, 0.2) is 0 Å². The molecule has 2 amide bonds. The number of rotatable bonds is 6. The highest BCUT2D eigenvalue weighted by Crippen LogP contribution is 2.19. The minimum absolute atomic E-state index is 0.0323. The van der Waals surface area contributed by atoms with Gasteiger partial charge in [0.25, 0.3) is 0 Å². The summed E-state index contributed by atoms with van der Waals surface area (Å²) >= 11 is 0.